The number of hydrogen-bond donors (Lipinski definition) is 1. The highest BCUT2D eigenvalue weighted by molar-refractivity contribution is 8.15. The first kappa shape index (κ1) is 13.4. The van der Waals surface area contributed by atoms with Crippen LogP contribution in [0.4, 0.5) is 5.69 Å². The minimum absolute atomic E-state index is 0.0481. The number of rotatable bonds is 3. The van der Waals surface area contributed by atoms with Crippen LogP contribution in [0.2, 0.25) is 0 Å². The van der Waals surface area contributed by atoms with Gasteiger partial charge < -0.3 is 0 Å². The highest BCUT2D eigenvalue weighted by Gasteiger charge is 2.15. The number of aryl methyl sites for hydroxylation is 1. The number of benzene rings is 1. The minimum Gasteiger partial charge on any atom is -0.272 e. The Balaban J connectivity index is 2.12. The molecule has 0 fully saturated rings. The van der Waals surface area contributed by atoms with Crippen LogP contribution in [0.3, 0.4) is 0 Å². The van der Waals surface area contributed by atoms with Gasteiger partial charge in [-0.3, -0.25) is 9.79 Å². The molecule has 1 heterocycles. The molecule has 0 N–H and O–H groups in total. The molecule has 0 radical (unpaired) electrons. The number of thioether (sulfide) groups is 1. The summed E-state index contributed by atoms with van der Waals surface area (Å²) >= 11 is 5.91. The van der Waals surface area contributed by atoms with Crippen molar-refractivity contribution in [2.24, 2.45) is 9.98 Å². The summed E-state index contributed by atoms with van der Waals surface area (Å²) in [6.07, 6.45) is 0.636. The van der Waals surface area contributed by atoms with E-state index in [1.807, 2.05) is 32.0 Å². The van der Waals surface area contributed by atoms with Gasteiger partial charge in [0.2, 0.25) is 0 Å². The molecular formula is C13H14N2OS2. The second-order valence-corrected chi connectivity index (χ2v) is 5.73. The van der Waals surface area contributed by atoms with Crippen LogP contribution >= 0.6 is 24.4 Å². The first-order valence-corrected chi connectivity index (χ1v) is 7.05. The summed E-state index contributed by atoms with van der Waals surface area (Å²) in [5.74, 6) is 0.415. The van der Waals surface area contributed by atoms with E-state index in [-0.39, 0.29) is 5.91 Å². The number of carbonyl (C=O) groups is 1. The van der Waals surface area contributed by atoms with Gasteiger partial charge in [-0.1, -0.05) is 6.07 Å². The largest absolute Gasteiger partial charge is 0.272 e. The molecular weight excluding hydrogens is 264 g/mol. The zero-order chi connectivity index (χ0) is 13.1. The Morgan fingerprint density at radius 2 is 2.33 bits per heavy atom. The molecule has 1 aromatic rings. The van der Waals surface area contributed by atoms with Gasteiger partial charge in [-0.25, -0.2) is 4.99 Å². The van der Waals surface area contributed by atoms with Crippen LogP contribution in [0, 0.1) is 6.92 Å². The number of amides is 1. The second-order valence-electron chi connectivity index (χ2n) is 4.20. The number of aliphatic imine (C=N–C) groups is 2. The van der Waals surface area contributed by atoms with Gasteiger partial charge in [-0.2, -0.15) is 0 Å². The Kier molecular flexibility index (Phi) is 4.24. The summed E-state index contributed by atoms with van der Waals surface area (Å²) in [6.45, 7) is 3.97. The SMILES string of the molecule is CC(CC1=NC(=O)CS1)=Nc1ccc(C)cc1S. The molecule has 1 aromatic carbocycles. The molecule has 0 atom stereocenters. The Morgan fingerprint density at radius 1 is 1.56 bits per heavy atom. The molecule has 0 aromatic heterocycles. The highest BCUT2D eigenvalue weighted by atomic mass is 32.2. The maximum Gasteiger partial charge on any atom is 0.256 e. The quantitative estimate of drug-likeness (QED) is 0.680. The van der Waals surface area contributed by atoms with E-state index in [9.17, 15) is 4.79 Å². The zero-order valence-electron chi connectivity index (χ0n) is 10.3. The number of carbonyl (C=O) groups excluding carboxylic acids is 1. The summed E-state index contributed by atoms with van der Waals surface area (Å²) in [7, 11) is 0. The molecule has 0 bridgehead atoms. The zero-order valence-corrected chi connectivity index (χ0v) is 12.0. The molecule has 0 saturated heterocycles. The van der Waals surface area contributed by atoms with E-state index in [0.717, 1.165) is 26.9 Å². The summed E-state index contributed by atoms with van der Waals surface area (Å²) in [6, 6.07) is 5.95. The fraction of sp³-hybridized carbons (Fsp3) is 0.308. The lowest BCUT2D eigenvalue weighted by molar-refractivity contribution is -0.115. The average Bonchev–Trinajstić information content (AvgIpc) is 2.68. The van der Waals surface area contributed by atoms with E-state index < -0.39 is 0 Å². The van der Waals surface area contributed by atoms with Gasteiger partial charge in [-0.05, 0) is 31.5 Å². The highest BCUT2D eigenvalue weighted by Crippen LogP contribution is 2.25. The molecule has 94 valence electrons. The van der Waals surface area contributed by atoms with Gasteiger partial charge >= 0.3 is 0 Å². The minimum atomic E-state index is -0.0481. The second kappa shape index (κ2) is 5.71. The predicted molar refractivity (Wildman–Crippen MR) is 80.7 cm³/mol. The van der Waals surface area contributed by atoms with Crippen molar-refractivity contribution in [1.82, 2.24) is 0 Å². The van der Waals surface area contributed by atoms with Crippen LogP contribution in [0.1, 0.15) is 18.9 Å². The Labute approximate surface area is 116 Å². The van der Waals surface area contributed by atoms with Gasteiger partial charge in [0.1, 0.15) is 0 Å². The van der Waals surface area contributed by atoms with Crippen molar-refractivity contribution >= 4 is 46.7 Å². The van der Waals surface area contributed by atoms with Crippen molar-refractivity contribution < 1.29 is 4.79 Å². The standard InChI is InChI=1S/C13H14N2OS2/c1-8-3-4-10(11(17)5-8)14-9(2)6-13-15-12(16)7-18-13/h3-5,17H,6-7H2,1-2H3. The van der Waals surface area contributed by atoms with E-state index in [1.54, 1.807) is 0 Å². The van der Waals surface area contributed by atoms with E-state index in [0.29, 0.717) is 12.2 Å². The van der Waals surface area contributed by atoms with Crippen molar-refractivity contribution in [2.75, 3.05) is 5.75 Å². The first-order chi connectivity index (χ1) is 8.54. The van der Waals surface area contributed by atoms with Crippen molar-refractivity contribution in [3.63, 3.8) is 0 Å². The fourth-order valence-corrected chi connectivity index (χ4v) is 2.79. The molecule has 1 amide bonds. The van der Waals surface area contributed by atoms with E-state index in [4.69, 9.17) is 0 Å². The molecule has 0 aliphatic carbocycles. The Bertz CT molecular complexity index is 550. The summed E-state index contributed by atoms with van der Waals surface area (Å²) in [4.78, 5) is 20.4. The lowest BCUT2D eigenvalue weighted by atomic mass is 10.2. The molecule has 5 heteroatoms. The van der Waals surface area contributed by atoms with Crippen molar-refractivity contribution in [3.05, 3.63) is 23.8 Å². The third-order valence-corrected chi connectivity index (χ3v) is 3.78. The molecule has 1 aliphatic heterocycles. The van der Waals surface area contributed by atoms with Crippen molar-refractivity contribution in [1.29, 1.82) is 0 Å². The van der Waals surface area contributed by atoms with Crippen LogP contribution in [-0.2, 0) is 4.79 Å². The molecule has 0 spiro atoms. The normalized spacial score (nSPS) is 16.1. The topological polar surface area (TPSA) is 41.8 Å². The molecule has 0 unspecified atom stereocenters. The Morgan fingerprint density at radius 3 is 2.94 bits per heavy atom. The van der Waals surface area contributed by atoms with Crippen LogP contribution < -0.4 is 0 Å². The van der Waals surface area contributed by atoms with E-state index in [1.165, 1.54) is 11.8 Å². The molecule has 18 heavy (non-hydrogen) atoms. The van der Waals surface area contributed by atoms with E-state index in [2.05, 4.69) is 22.6 Å². The number of thiol groups is 1. The third kappa shape index (κ3) is 3.46. The van der Waals surface area contributed by atoms with Gasteiger partial charge in [-0.15, -0.1) is 24.4 Å². The van der Waals surface area contributed by atoms with Gasteiger partial charge in [0.25, 0.3) is 5.91 Å². The molecule has 3 nitrogen and oxygen atoms in total. The summed E-state index contributed by atoms with van der Waals surface area (Å²) < 4.78 is 0. The molecule has 2 rings (SSSR count). The fourth-order valence-electron chi connectivity index (χ4n) is 1.63. The summed E-state index contributed by atoms with van der Waals surface area (Å²) in [5, 5.41) is 0.856. The predicted octanol–water partition coefficient (Wildman–Crippen LogP) is 3.44. The number of hydrogen-bond acceptors (Lipinski definition) is 4. The lowest BCUT2D eigenvalue weighted by Crippen LogP contribution is -1.98. The van der Waals surface area contributed by atoms with Crippen molar-refractivity contribution in [3.8, 4) is 0 Å². The Hall–Kier alpha value is -1.07. The van der Waals surface area contributed by atoms with Crippen LogP contribution in [0.15, 0.2) is 33.1 Å². The average molecular weight is 278 g/mol. The van der Waals surface area contributed by atoms with Crippen molar-refractivity contribution in [2.45, 2.75) is 25.2 Å². The van der Waals surface area contributed by atoms with E-state index >= 15 is 0 Å². The van der Waals surface area contributed by atoms with Crippen LogP contribution in [0.5, 0.6) is 0 Å². The molecule has 1 aliphatic rings. The third-order valence-electron chi connectivity index (χ3n) is 2.46. The van der Waals surface area contributed by atoms with Gasteiger partial charge in [0.15, 0.2) is 0 Å². The maximum absolute atomic E-state index is 11.0. The number of nitrogens with zero attached hydrogens (tertiary/aromatic N) is 2. The molecule has 0 saturated carbocycles. The lowest BCUT2D eigenvalue weighted by Gasteiger charge is -2.03. The van der Waals surface area contributed by atoms with Crippen LogP contribution in [0.25, 0.3) is 0 Å². The van der Waals surface area contributed by atoms with Crippen LogP contribution in [-0.4, -0.2) is 22.4 Å². The maximum atomic E-state index is 11.0. The monoisotopic (exact) mass is 278 g/mol. The van der Waals surface area contributed by atoms with Gasteiger partial charge in [0.05, 0.1) is 16.5 Å². The smallest absolute Gasteiger partial charge is 0.256 e. The summed E-state index contributed by atoms with van der Waals surface area (Å²) in [5.41, 5.74) is 2.96. The van der Waals surface area contributed by atoms with Gasteiger partial charge in [0, 0.05) is 17.0 Å². The first-order valence-electron chi connectivity index (χ1n) is 5.61.